The first-order valence-electron chi connectivity index (χ1n) is 6.22. The molecule has 3 rings (SSSR count). The molecule has 0 fully saturated rings. The number of nitrogen functional groups attached to an aromatic ring is 1. The minimum atomic E-state index is 0.562. The third-order valence-corrected chi connectivity index (χ3v) is 3.15. The Morgan fingerprint density at radius 2 is 2.15 bits per heavy atom. The van der Waals surface area contributed by atoms with Crippen molar-refractivity contribution in [2.24, 2.45) is 0 Å². The van der Waals surface area contributed by atoms with Gasteiger partial charge in [0.05, 0.1) is 40.4 Å². The molecule has 0 atom stereocenters. The van der Waals surface area contributed by atoms with Crippen molar-refractivity contribution in [3.05, 3.63) is 53.9 Å². The molecule has 0 saturated carbocycles. The molecule has 4 N–H and O–H groups in total. The third kappa shape index (κ3) is 2.27. The summed E-state index contributed by atoms with van der Waals surface area (Å²) in [5.74, 6) is 0. The smallest absolute Gasteiger partial charge is 0.0992 e. The molecule has 0 bridgehead atoms. The Bertz CT molecular complexity index is 797. The summed E-state index contributed by atoms with van der Waals surface area (Å²) in [6.45, 7) is 0.658. The van der Waals surface area contributed by atoms with Gasteiger partial charge in [-0.3, -0.25) is 0 Å². The van der Waals surface area contributed by atoms with Crippen molar-refractivity contribution in [1.82, 2.24) is 9.97 Å². The molecule has 0 saturated heterocycles. The van der Waals surface area contributed by atoms with Crippen molar-refractivity contribution < 1.29 is 0 Å². The molecular formula is C15H13N5. The van der Waals surface area contributed by atoms with Crippen molar-refractivity contribution in [2.75, 3.05) is 11.1 Å². The fourth-order valence-electron chi connectivity index (χ4n) is 2.08. The van der Waals surface area contributed by atoms with Gasteiger partial charge in [0.2, 0.25) is 0 Å². The summed E-state index contributed by atoms with van der Waals surface area (Å²) in [5, 5.41) is 12.1. The highest BCUT2D eigenvalue weighted by molar-refractivity contribution is 5.75. The quantitative estimate of drug-likeness (QED) is 0.633. The van der Waals surface area contributed by atoms with E-state index < -0.39 is 0 Å². The predicted molar refractivity (Wildman–Crippen MR) is 79.0 cm³/mol. The van der Waals surface area contributed by atoms with Gasteiger partial charge in [-0.1, -0.05) is 6.07 Å². The molecule has 2 aromatic carbocycles. The number of benzene rings is 2. The standard InChI is InChI=1S/C15H13N5/c16-7-10-1-3-13(12(17)5-10)18-8-11-2-4-14-15(6-11)20-9-19-14/h1-6,9,18H,8,17H2,(H,19,20). The highest BCUT2D eigenvalue weighted by atomic mass is 14.9. The lowest BCUT2D eigenvalue weighted by Crippen LogP contribution is -2.02. The number of rotatable bonds is 3. The normalized spacial score (nSPS) is 10.3. The average Bonchev–Trinajstić information content (AvgIpc) is 2.93. The van der Waals surface area contributed by atoms with Crippen LogP contribution in [0.15, 0.2) is 42.7 Å². The Morgan fingerprint density at radius 3 is 2.95 bits per heavy atom. The van der Waals surface area contributed by atoms with Crippen LogP contribution in [0, 0.1) is 11.3 Å². The van der Waals surface area contributed by atoms with E-state index in [4.69, 9.17) is 11.0 Å². The maximum absolute atomic E-state index is 8.81. The maximum atomic E-state index is 8.81. The summed E-state index contributed by atoms with van der Waals surface area (Å²) in [4.78, 5) is 7.27. The van der Waals surface area contributed by atoms with E-state index in [9.17, 15) is 0 Å². The molecule has 5 heteroatoms. The molecule has 1 aromatic heterocycles. The van der Waals surface area contributed by atoms with Crippen LogP contribution >= 0.6 is 0 Å². The van der Waals surface area contributed by atoms with Gasteiger partial charge < -0.3 is 16.0 Å². The Balaban J connectivity index is 1.77. The number of fused-ring (bicyclic) bond motifs is 1. The van der Waals surface area contributed by atoms with E-state index in [1.165, 1.54) is 0 Å². The predicted octanol–water partition coefficient (Wildman–Crippen LogP) is 2.63. The maximum Gasteiger partial charge on any atom is 0.0992 e. The van der Waals surface area contributed by atoms with Gasteiger partial charge in [0.25, 0.3) is 0 Å². The number of anilines is 2. The van der Waals surface area contributed by atoms with Crippen LogP contribution in [0.2, 0.25) is 0 Å². The summed E-state index contributed by atoms with van der Waals surface area (Å²) >= 11 is 0. The molecular weight excluding hydrogens is 250 g/mol. The first-order valence-corrected chi connectivity index (χ1v) is 6.22. The first-order chi connectivity index (χ1) is 9.76. The molecule has 0 spiro atoms. The zero-order valence-corrected chi connectivity index (χ0v) is 10.7. The van der Waals surface area contributed by atoms with Gasteiger partial charge in [-0.15, -0.1) is 0 Å². The van der Waals surface area contributed by atoms with Gasteiger partial charge in [0.15, 0.2) is 0 Å². The van der Waals surface area contributed by atoms with E-state index in [1.54, 1.807) is 18.5 Å². The number of H-pyrrole nitrogens is 1. The van der Waals surface area contributed by atoms with Gasteiger partial charge in [-0.05, 0) is 35.9 Å². The second kappa shape index (κ2) is 4.94. The molecule has 0 unspecified atom stereocenters. The molecule has 0 aliphatic rings. The molecule has 0 aliphatic heterocycles. The molecule has 98 valence electrons. The van der Waals surface area contributed by atoms with Gasteiger partial charge >= 0.3 is 0 Å². The van der Waals surface area contributed by atoms with Crippen LogP contribution in [0.1, 0.15) is 11.1 Å². The largest absolute Gasteiger partial charge is 0.397 e. The van der Waals surface area contributed by atoms with Crippen LogP contribution in [0.3, 0.4) is 0 Å². The zero-order chi connectivity index (χ0) is 13.9. The Labute approximate surface area is 116 Å². The number of nitrogens with one attached hydrogen (secondary N) is 2. The van der Waals surface area contributed by atoms with Gasteiger partial charge in [0, 0.05) is 6.54 Å². The lowest BCUT2D eigenvalue weighted by molar-refractivity contribution is 1.15. The van der Waals surface area contributed by atoms with E-state index in [0.717, 1.165) is 22.3 Å². The van der Waals surface area contributed by atoms with Crippen LogP contribution in [0.5, 0.6) is 0 Å². The highest BCUT2D eigenvalue weighted by Gasteiger charge is 2.02. The van der Waals surface area contributed by atoms with Crippen LogP contribution in [0.25, 0.3) is 11.0 Å². The number of aromatic nitrogens is 2. The van der Waals surface area contributed by atoms with Gasteiger partial charge in [-0.2, -0.15) is 5.26 Å². The first kappa shape index (κ1) is 12.1. The average molecular weight is 263 g/mol. The van der Waals surface area contributed by atoms with Crippen LogP contribution in [0.4, 0.5) is 11.4 Å². The highest BCUT2D eigenvalue weighted by Crippen LogP contribution is 2.21. The van der Waals surface area contributed by atoms with Crippen LogP contribution < -0.4 is 11.1 Å². The van der Waals surface area contributed by atoms with E-state index in [-0.39, 0.29) is 0 Å². The summed E-state index contributed by atoms with van der Waals surface area (Å²) in [5.41, 5.74) is 11.0. The van der Waals surface area contributed by atoms with Crippen LogP contribution in [-0.4, -0.2) is 9.97 Å². The van der Waals surface area contributed by atoms with E-state index >= 15 is 0 Å². The van der Waals surface area contributed by atoms with Gasteiger partial charge in [0.1, 0.15) is 0 Å². The summed E-state index contributed by atoms with van der Waals surface area (Å²) in [6, 6.07) is 13.4. The zero-order valence-electron chi connectivity index (χ0n) is 10.7. The van der Waals surface area contributed by atoms with Crippen LogP contribution in [-0.2, 0) is 6.54 Å². The second-order valence-electron chi connectivity index (χ2n) is 4.52. The van der Waals surface area contributed by atoms with Crippen molar-refractivity contribution in [1.29, 1.82) is 5.26 Å². The molecule has 1 heterocycles. The monoisotopic (exact) mass is 263 g/mol. The summed E-state index contributed by atoms with van der Waals surface area (Å²) < 4.78 is 0. The number of nitriles is 1. The number of hydrogen-bond donors (Lipinski definition) is 3. The number of nitrogens with two attached hydrogens (primary N) is 1. The lowest BCUT2D eigenvalue weighted by atomic mass is 10.1. The molecule has 0 aliphatic carbocycles. The minimum Gasteiger partial charge on any atom is -0.397 e. The van der Waals surface area contributed by atoms with E-state index in [0.29, 0.717) is 17.8 Å². The van der Waals surface area contributed by atoms with E-state index in [2.05, 4.69) is 27.4 Å². The Morgan fingerprint density at radius 1 is 1.25 bits per heavy atom. The molecule has 0 radical (unpaired) electrons. The second-order valence-corrected chi connectivity index (χ2v) is 4.52. The van der Waals surface area contributed by atoms with Gasteiger partial charge in [-0.25, -0.2) is 4.98 Å². The summed E-state index contributed by atoms with van der Waals surface area (Å²) in [7, 11) is 0. The summed E-state index contributed by atoms with van der Waals surface area (Å²) in [6.07, 6.45) is 1.68. The topological polar surface area (TPSA) is 90.5 Å². The Kier molecular flexibility index (Phi) is 2.98. The third-order valence-electron chi connectivity index (χ3n) is 3.15. The van der Waals surface area contributed by atoms with Crippen molar-refractivity contribution in [2.45, 2.75) is 6.54 Å². The lowest BCUT2D eigenvalue weighted by Gasteiger charge is -2.09. The number of hydrogen-bond acceptors (Lipinski definition) is 4. The Hall–Kier alpha value is -3.00. The molecule has 3 aromatic rings. The molecule has 5 nitrogen and oxygen atoms in total. The fraction of sp³-hybridized carbons (Fsp3) is 0.0667. The number of imidazole rings is 1. The van der Waals surface area contributed by atoms with Crippen molar-refractivity contribution in [3.8, 4) is 6.07 Å². The SMILES string of the molecule is N#Cc1ccc(NCc2ccc3nc[nH]c3c2)c(N)c1. The van der Waals surface area contributed by atoms with E-state index in [1.807, 2.05) is 18.2 Å². The molecule has 20 heavy (non-hydrogen) atoms. The van der Waals surface area contributed by atoms with Crippen molar-refractivity contribution in [3.63, 3.8) is 0 Å². The molecule has 0 amide bonds. The number of nitrogens with zero attached hydrogens (tertiary/aromatic N) is 2. The minimum absolute atomic E-state index is 0.562. The van der Waals surface area contributed by atoms with Crippen molar-refractivity contribution >= 4 is 22.4 Å². The number of aromatic amines is 1. The fourth-order valence-corrected chi connectivity index (χ4v) is 2.08.